The first-order valence-corrected chi connectivity index (χ1v) is 13.9. The Morgan fingerprint density at radius 2 is 2.00 bits per heavy atom. The molecule has 5 rings (SSSR count). The molecule has 0 radical (unpaired) electrons. The van der Waals surface area contributed by atoms with Crippen LogP contribution in [-0.2, 0) is 4.79 Å². The summed E-state index contributed by atoms with van der Waals surface area (Å²) in [5.74, 6) is -1.50. The van der Waals surface area contributed by atoms with Gasteiger partial charge >= 0.3 is 0 Å². The summed E-state index contributed by atoms with van der Waals surface area (Å²) in [4.78, 5) is 26.3. The van der Waals surface area contributed by atoms with Gasteiger partial charge in [0.2, 0.25) is 11.8 Å². The Bertz CT molecular complexity index is 1730. The zero-order chi connectivity index (χ0) is 29.4. The minimum atomic E-state index is -0.768. The summed E-state index contributed by atoms with van der Waals surface area (Å²) in [6.07, 6.45) is 1.26. The molecule has 0 aliphatic carbocycles. The van der Waals surface area contributed by atoms with Crippen molar-refractivity contribution in [3.63, 3.8) is 0 Å². The summed E-state index contributed by atoms with van der Waals surface area (Å²) in [5.41, 5.74) is 6.77. The van der Waals surface area contributed by atoms with Crippen LogP contribution in [0.3, 0.4) is 0 Å². The highest BCUT2D eigenvalue weighted by molar-refractivity contribution is 7.22. The van der Waals surface area contributed by atoms with Crippen molar-refractivity contribution in [2.45, 2.75) is 0 Å². The molecule has 2 N–H and O–H groups in total. The fourth-order valence-corrected chi connectivity index (χ4v) is 5.93. The number of thiazole rings is 1. The highest BCUT2D eigenvalue weighted by Gasteiger charge is 2.29. The topological polar surface area (TPSA) is 112 Å². The molecule has 1 aliphatic rings. The van der Waals surface area contributed by atoms with Crippen molar-refractivity contribution in [2.24, 2.45) is 0 Å². The van der Waals surface area contributed by atoms with Crippen molar-refractivity contribution in [2.75, 3.05) is 64.1 Å². The monoisotopic (exact) mass is 597 g/mol. The quantitative estimate of drug-likeness (QED) is 0.306. The van der Waals surface area contributed by atoms with Crippen LogP contribution in [-0.4, -0.2) is 79.1 Å². The van der Waals surface area contributed by atoms with Gasteiger partial charge < -0.3 is 25.2 Å². The van der Waals surface area contributed by atoms with Gasteiger partial charge in [0, 0.05) is 49.2 Å². The Morgan fingerprint density at radius 3 is 2.66 bits per heavy atom. The van der Waals surface area contributed by atoms with E-state index in [4.69, 9.17) is 22.1 Å². The van der Waals surface area contributed by atoms with Crippen molar-refractivity contribution >= 4 is 60.8 Å². The number of benzene rings is 2. The lowest BCUT2D eigenvalue weighted by Crippen LogP contribution is -2.48. The number of anilines is 2. The molecule has 1 aliphatic heterocycles. The van der Waals surface area contributed by atoms with Gasteiger partial charge in [-0.05, 0) is 38.4 Å². The number of aromatic nitrogens is 2. The van der Waals surface area contributed by atoms with Crippen molar-refractivity contribution in [3.05, 3.63) is 53.1 Å². The van der Waals surface area contributed by atoms with Gasteiger partial charge in [-0.3, -0.25) is 4.79 Å². The number of amides is 1. The molecule has 1 saturated heterocycles. The number of fused-ring (bicyclic) bond motifs is 2. The smallest absolute Gasteiger partial charge is 0.246 e. The van der Waals surface area contributed by atoms with E-state index in [9.17, 15) is 14.4 Å². The van der Waals surface area contributed by atoms with E-state index in [1.54, 1.807) is 11.0 Å². The molecular weight excluding hydrogens is 572 g/mol. The minimum Gasteiger partial charge on any atom is -0.475 e. The molecule has 1 amide bonds. The highest BCUT2D eigenvalue weighted by atomic mass is 35.5. The number of nitriles is 1. The number of hydrogen-bond acceptors (Lipinski definition) is 9. The third-order valence-corrected chi connectivity index (χ3v) is 8.06. The van der Waals surface area contributed by atoms with E-state index in [2.05, 4.69) is 22.6 Å². The summed E-state index contributed by atoms with van der Waals surface area (Å²) in [6, 6.07) is 6.36. The molecule has 4 aromatic rings. The Kier molecular flexibility index (Phi) is 7.95. The summed E-state index contributed by atoms with van der Waals surface area (Å²) in [6.45, 7) is 5.80. The SMILES string of the molecule is C=CC(=O)N1CCN(c2c(C#N)c(OCCN(C)C)nc3c(F)c(-c4ccc(F)c5sc(N)nc45)c(Cl)cc23)CC1. The van der Waals surface area contributed by atoms with Gasteiger partial charge in [-0.2, -0.15) is 5.26 Å². The van der Waals surface area contributed by atoms with Crippen LogP contribution in [0.15, 0.2) is 30.9 Å². The highest BCUT2D eigenvalue weighted by Crippen LogP contribution is 2.44. The van der Waals surface area contributed by atoms with Gasteiger partial charge in [0.05, 0.1) is 20.9 Å². The van der Waals surface area contributed by atoms with Gasteiger partial charge in [-0.1, -0.05) is 29.5 Å². The first-order valence-electron chi connectivity index (χ1n) is 12.7. The number of rotatable bonds is 7. The van der Waals surface area contributed by atoms with Crippen LogP contribution in [0.25, 0.3) is 32.2 Å². The number of ether oxygens (including phenoxy) is 1. The maximum Gasteiger partial charge on any atom is 0.246 e. The molecule has 0 atom stereocenters. The molecule has 2 aromatic heterocycles. The van der Waals surface area contributed by atoms with Crippen LogP contribution < -0.4 is 15.4 Å². The number of nitrogens with zero attached hydrogens (tertiary/aromatic N) is 6. The fourth-order valence-electron chi connectivity index (χ4n) is 4.87. The lowest BCUT2D eigenvalue weighted by atomic mass is 9.99. The number of likely N-dealkylation sites (N-methyl/N-ethyl adjacent to an activating group) is 1. The Balaban J connectivity index is 1.72. The second-order valence-corrected chi connectivity index (χ2v) is 11.1. The maximum absolute atomic E-state index is 16.6. The van der Waals surface area contributed by atoms with Crippen LogP contribution in [0.1, 0.15) is 5.56 Å². The van der Waals surface area contributed by atoms with E-state index in [1.165, 1.54) is 18.2 Å². The second kappa shape index (κ2) is 11.4. The number of carbonyl (C=O) groups is 1. The molecule has 2 aromatic carbocycles. The first-order chi connectivity index (χ1) is 19.6. The van der Waals surface area contributed by atoms with E-state index in [0.717, 1.165) is 11.3 Å². The van der Waals surface area contributed by atoms with Gasteiger partial charge in [0.25, 0.3) is 0 Å². The number of nitrogen functional groups attached to an aromatic ring is 1. The number of pyridine rings is 1. The zero-order valence-corrected chi connectivity index (χ0v) is 24.0. The first kappa shape index (κ1) is 28.5. The van der Waals surface area contributed by atoms with Gasteiger partial charge in [-0.15, -0.1) is 0 Å². The van der Waals surface area contributed by atoms with Crippen LogP contribution in [0.2, 0.25) is 5.02 Å². The fraction of sp³-hybridized carbons (Fsp3) is 0.286. The predicted octanol–water partition coefficient (Wildman–Crippen LogP) is 4.67. The van der Waals surface area contributed by atoms with Crippen molar-refractivity contribution in [1.29, 1.82) is 5.26 Å². The lowest BCUT2D eigenvalue weighted by Gasteiger charge is -2.36. The number of nitrogens with two attached hydrogens (primary N) is 1. The van der Waals surface area contributed by atoms with E-state index in [1.807, 2.05) is 23.9 Å². The Labute approximate surface area is 244 Å². The standard InChI is InChI=1S/C28H26ClF2N7O2S/c1-4-20(39)37-7-9-38(10-8-37)25-16-13-18(29)21(15-5-6-19(30)26-24(15)35-28(33)41-26)22(31)23(16)34-27(17(25)14-32)40-12-11-36(2)3/h4-6,13H,1,7-12H2,2-3H3,(H2,33,35). The molecule has 0 spiro atoms. The lowest BCUT2D eigenvalue weighted by molar-refractivity contribution is -0.126. The van der Waals surface area contributed by atoms with Crippen LogP contribution in [0.5, 0.6) is 5.88 Å². The molecule has 41 heavy (non-hydrogen) atoms. The van der Waals surface area contributed by atoms with Crippen molar-refractivity contribution in [1.82, 2.24) is 19.8 Å². The van der Waals surface area contributed by atoms with Crippen molar-refractivity contribution in [3.8, 4) is 23.1 Å². The average molecular weight is 598 g/mol. The second-order valence-electron chi connectivity index (χ2n) is 9.69. The van der Waals surface area contributed by atoms with Crippen LogP contribution >= 0.6 is 22.9 Å². The molecular formula is C28H26ClF2N7O2S. The molecule has 3 heterocycles. The van der Waals surface area contributed by atoms with Gasteiger partial charge in [-0.25, -0.2) is 18.7 Å². The zero-order valence-electron chi connectivity index (χ0n) is 22.4. The normalized spacial score (nSPS) is 13.7. The molecule has 1 fully saturated rings. The van der Waals surface area contributed by atoms with E-state index >= 15 is 4.39 Å². The van der Waals surface area contributed by atoms with Gasteiger partial charge in [0.15, 0.2) is 10.9 Å². The van der Waals surface area contributed by atoms with Gasteiger partial charge in [0.1, 0.15) is 29.6 Å². The molecule has 13 heteroatoms. The minimum absolute atomic E-state index is 0.0155. The number of carbonyl (C=O) groups excluding carboxylic acids is 1. The van der Waals surface area contributed by atoms with Crippen LogP contribution in [0, 0.1) is 23.0 Å². The molecule has 0 bridgehead atoms. The third kappa shape index (κ3) is 5.24. The largest absolute Gasteiger partial charge is 0.475 e. The van der Waals surface area contributed by atoms with Crippen LogP contribution in [0.4, 0.5) is 19.6 Å². The summed E-state index contributed by atoms with van der Waals surface area (Å²) < 4.78 is 37.2. The van der Waals surface area contributed by atoms with Crippen molar-refractivity contribution < 1.29 is 18.3 Å². The summed E-state index contributed by atoms with van der Waals surface area (Å²) >= 11 is 7.68. The number of hydrogen-bond donors (Lipinski definition) is 1. The molecule has 0 unspecified atom stereocenters. The maximum atomic E-state index is 16.6. The Morgan fingerprint density at radius 1 is 1.27 bits per heavy atom. The van der Waals surface area contributed by atoms with E-state index in [0.29, 0.717) is 43.8 Å². The molecule has 212 valence electrons. The third-order valence-electron chi connectivity index (χ3n) is 6.86. The number of piperazine rings is 1. The number of halogens is 3. The average Bonchev–Trinajstić information content (AvgIpc) is 3.35. The molecule has 0 saturated carbocycles. The molecule has 9 nitrogen and oxygen atoms in total. The van der Waals surface area contributed by atoms with E-state index in [-0.39, 0.29) is 61.0 Å². The Hall–Kier alpha value is -4.05. The predicted molar refractivity (Wildman–Crippen MR) is 157 cm³/mol. The summed E-state index contributed by atoms with van der Waals surface area (Å²) in [5, 5.41) is 10.7. The summed E-state index contributed by atoms with van der Waals surface area (Å²) in [7, 11) is 3.75. The van der Waals surface area contributed by atoms with E-state index < -0.39 is 11.6 Å².